The molecule has 2 N–H and O–H groups in total. The van der Waals surface area contributed by atoms with Crippen molar-refractivity contribution in [3.63, 3.8) is 0 Å². The van der Waals surface area contributed by atoms with E-state index in [-0.39, 0.29) is 11.5 Å². The molecule has 0 aliphatic heterocycles. The zero-order valence-electron chi connectivity index (χ0n) is 11.9. The Hall–Kier alpha value is -2.89. The van der Waals surface area contributed by atoms with E-state index in [0.29, 0.717) is 5.82 Å². The molecule has 0 saturated heterocycles. The van der Waals surface area contributed by atoms with Gasteiger partial charge in [-0.1, -0.05) is 24.3 Å². The Kier molecular flexibility index (Phi) is 4.18. The van der Waals surface area contributed by atoms with Gasteiger partial charge in [0.15, 0.2) is 0 Å². The predicted molar refractivity (Wildman–Crippen MR) is 84.9 cm³/mol. The summed E-state index contributed by atoms with van der Waals surface area (Å²) in [6, 6.07) is 10.5. The highest BCUT2D eigenvalue weighted by Gasteiger charge is 2.16. The van der Waals surface area contributed by atoms with Crippen molar-refractivity contribution >= 4 is 28.6 Å². The normalized spacial score (nSPS) is 10.0. The Morgan fingerprint density at radius 2 is 1.90 bits per heavy atom. The van der Waals surface area contributed by atoms with Gasteiger partial charge in [0.05, 0.1) is 4.92 Å². The van der Waals surface area contributed by atoms with E-state index in [2.05, 4.69) is 22.2 Å². The molecule has 0 unspecified atom stereocenters. The molecule has 6 nitrogen and oxygen atoms in total. The van der Waals surface area contributed by atoms with Crippen LogP contribution >= 0.6 is 0 Å². The molecular weight excluding hydrogens is 268 g/mol. The van der Waals surface area contributed by atoms with Crippen LogP contribution in [0.2, 0.25) is 0 Å². The van der Waals surface area contributed by atoms with Crippen molar-refractivity contribution in [2.75, 3.05) is 17.7 Å². The monoisotopic (exact) mass is 284 g/mol. The van der Waals surface area contributed by atoms with E-state index in [1.165, 1.54) is 6.07 Å². The highest BCUT2D eigenvalue weighted by molar-refractivity contribution is 5.70. The van der Waals surface area contributed by atoms with E-state index in [0.717, 1.165) is 16.8 Å². The lowest BCUT2D eigenvalue weighted by molar-refractivity contribution is -0.384. The lowest BCUT2D eigenvalue weighted by Gasteiger charge is -2.09. The van der Waals surface area contributed by atoms with Gasteiger partial charge >= 0.3 is 5.69 Å². The molecule has 2 aromatic rings. The zero-order valence-corrected chi connectivity index (χ0v) is 11.9. The standard InChI is InChI=1S/C15H16N4O2/c1-10(2)11-4-6-12(7-5-11)17-15-13(19(20)21)8-9-14(16-3)18-15/h4-9H,1H2,2-3H3,(H2,16,17,18). The van der Waals surface area contributed by atoms with E-state index < -0.39 is 4.92 Å². The first kappa shape index (κ1) is 14.5. The Morgan fingerprint density at radius 1 is 1.24 bits per heavy atom. The van der Waals surface area contributed by atoms with Crippen LogP contribution in [0, 0.1) is 10.1 Å². The van der Waals surface area contributed by atoms with Crippen LogP contribution in [-0.2, 0) is 0 Å². The molecule has 0 radical (unpaired) electrons. The number of nitrogens with zero attached hydrogens (tertiary/aromatic N) is 2. The number of hydrogen-bond donors (Lipinski definition) is 2. The van der Waals surface area contributed by atoms with Crippen LogP contribution in [0.3, 0.4) is 0 Å². The molecule has 0 atom stereocenters. The second-order valence-corrected chi connectivity index (χ2v) is 4.55. The van der Waals surface area contributed by atoms with Crippen LogP contribution in [-0.4, -0.2) is 17.0 Å². The van der Waals surface area contributed by atoms with Crippen LogP contribution < -0.4 is 10.6 Å². The maximum Gasteiger partial charge on any atom is 0.311 e. The van der Waals surface area contributed by atoms with E-state index in [1.54, 1.807) is 13.1 Å². The van der Waals surface area contributed by atoms with Crippen molar-refractivity contribution < 1.29 is 4.92 Å². The van der Waals surface area contributed by atoms with E-state index in [4.69, 9.17) is 0 Å². The zero-order chi connectivity index (χ0) is 15.4. The van der Waals surface area contributed by atoms with Gasteiger partial charge in [-0.25, -0.2) is 4.98 Å². The van der Waals surface area contributed by atoms with Crippen molar-refractivity contribution in [1.29, 1.82) is 0 Å². The summed E-state index contributed by atoms with van der Waals surface area (Å²) in [7, 11) is 1.71. The summed E-state index contributed by atoms with van der Waals surface area (Å²) < 4.78 is 0. The molecule has 6 heteroatoms. The van der Waals surface area contributed by atoms with Gasteiger partial charge in [-0.2, -0.15) is 0 Å². The summed E-state index contributed by atoms with van der Waals surface area (Å²) >= 11 is 0. The Labute approximate surface area is 122 Å². The number of nitro groups is 1. The number of anilines is 3. The number of benzene rings is 1. The molecule has 0 aliphatic rings. The minimum Gasteiger partial charge on any atom is -0.373 e. The van der Waals surface area contributed by atoms with Crippen molar-refractivity contribution in [3.05, 3.63) is 58.7 Å². The van der Waals surface area contributed by atoms with Crippen molar-refractivity contribution in [1.82, 2.24) is 4.98 Å². The summed E-state index contributed by atoms with van der Waals surface area (Å²) in [4.78, 5) is 14.8. The molecule has 1 aromatic heterocycles. The minimum absolute atomic E-state index is 0.0713. The average molecular weight is 284 g/mol. The quantitative estimate of drug-likeness (QED) is 0.644. The SMILES string of the molecule is C=C(C)c1ccc(Nc2nc(NC)ccc2[N+](=O)[O-])cc1. The highest BCUT2D eigenvalue weighted by atomic mass is 16.6. The van der Waals surface area contributed by atoms with Gasteiger partial charge in [-0.05, 0) is 30.7 Å². The molecular formula is C15H16N4O2. The topological polar surface area (TPSA) is 80.1 Å². The fraction of sp³-hybridized carbons (Fsp3) is 0.133. The van der Waals surface area contributed by atoms with E-state index in [9.17, 15) is 10.1 Å². The predicted octanol–water partition coefficient (Wildman–Crippen LogP) is 3.81. The number of hydrogen-bond acceptors (Lipinski definition) is 5. The molecule has 108 valence electrons. The second-order valence-electron chi connectivity index (χ2n) is 4.55. The maximum absolute atomic E-state index is 11.0. The molecule has 0 amide bonds. The molecule has 0 fully saturated rings. The van der Waals surface area contributed by atoms with E-state index in [1.807, 2.05) is 31.2 Å². The van der Waals surface area contributed by atoms with Crippen LogP contribution in [0.15, 0.2) is 43.0 Å². The third kappa shape index (κ3) is 3.36. The molecule has 0 spiro atoms. The molecule has 1 aromatic carbocycles. The third-order valence-electron chi connectivity index (χ3n) is 2.97. The number of nitrogens with one attached hydrogen (secondary N) is 2. The first-order chi connectivity index (χ1) is 10.0. The second kappa shape index (κ2) is 6.04. The first-order valence-corrected chi connectivity index (χ1v) is 6.37. The van der Waals surface area contributed by atoms with Gasteiger partial charge in [0, 0.05) is 18.8 Å². The summed E-state index contributed by atoms with van der Waals surface area (Å²) in [5.41, 5.74) is 2.64. The first-order valence-electron chi connectivity index (χ1n) is 6.37. The number of rotatable bonds is 5. The van der Waals surface area contributed by atoms with Gasteiger partial charge in [0.2, 0.25) is 5.82 Å². The summed E-state index contributed by atoms with van der Waals surface area (Å²) in [5.74, 6) is 0.761. The van der Waals surface area contributed by atoms with Gasteiger partial charge in [-0.3, -0.25) is 10.1 Å². The summed E-state index contributed by atoms with van der Waals surface area (Å²) in [6.07, 6.45) is 0. The summed E-state index contributed by atoms with van der Waals surface area (Å²) in [5, 5.41) is 16.9. The minimum atomic E-state index is -0.461. The third-order valence-corrected chi connectivity index (χ3v) is 2.97. The molecule has 1 heterocycles. The molecule has 0 bridgehead atoms. The molecule has 0 saturated carbocycles. The maximum atomic E-state index is 11.0. The van der Waals surface area contributed by atoms with Gasteiger partial charge in [-0.15, -0.1) is 0 Å². The van der Waals surface area contributed by atoms with Crippen LogP contribution in [0.4, 0.5) is 23.0 Å². The van der Waals surface area contributed by atoms with Crippen molar-refractivity contribution in [2.24, 2.45) is 0 Å². The van der Waals surface area contributed by atoms with Crippen LogP contribution in [0.1, 0.15) is 12.5 Å². The van der Waals surface area contributed by atoms with Gasteiger partial charge in [0.1, 0.15) is 5.82 Å². The van der Waals surface area contributed by atoms with Gasteiger partial charge < -0.3 is 10.6 Å². The summed E-state index contributed by atoms with van der Waals surface area (Å²) in [6.45, 7) is 5.79. The fourth-order valence-electron chi connectivity index (χ4n) is 1.81. The number of pyridine rings is 1. The molecule has 2 rings (SSSR count). The smallest absolute Gasteiger partial charge is 0.311 e. The highest BCUT2D eigenvalue weighted by Crippen LogP contribution is 2.27. The largest absolute Gasteiger partial charge is 0.373 e. The number of allylic oxidation sites excluding steroid dienone is 1. The lowest BCUT2D eigenvalue weighted by atomic mass is 10.1. The van der Waals surface area contributed by atoms with Crippen molar-refractivity contribution in [3.8, 4) is 0 Å². The Bertz CT molecular complexity index is 681. The van der Waals surface area contributed by atoms with E-state index >= 15 is 0 Å². The average Bonchev–Trinajstić information content (AvgIpc) is 2.47. The molecule has 0 aliphatic carbocycles. The fourth-order valence-corrected chi connectivity index (χ4v) is 1.81. The molecule has 21 heavy (non-hydrogen) atoms. The Balaban J connectivity index is 2.33. The van der Waals surface area contributed by atoms with Crippen molar-refractivity contribution in [2.45, 2.75) is 6.92 Å². The number of aromatic nitrogens is 1. The Morgan fingerprint density at radius 3 is 2.43 bits per heavy atom. The van der Waals surface area contributed by atoms with Crippen LogP contribution in [0.25, 0.3) is 5.57 Å². The van der Waals surface area contributed by atoms with Crippen LogP contribution in [0.5, 0.6) is 0 Å². The van der Waals surface area contributed by atoms with Gasteiger partial charge in [0.25, 0.3) is 0 Å². The lowest BCUT2D eigenvalue weighted by Crippen LogP contribution is -2.02.